The van der Waals surface area contributed by atoms with Crippen LogP contribution in [0.4, 0.5) is 10.5 Å². The van der Waals surface area contributed by atoms with Gasteiger partial charge in [0.15, 0.2) is 0 Å². The van der Waals surface area contributed by atoms with Gasteiger partial charge in [0.05, 0.1) is 6.54 Å². The van der Waals surface area contributed by atoms with Crippen molar-refractivity contribution >= 4 is 17.6 Å². The fraction of sp³-hybridized carbons (Fsp3) is 0.143. The first-order chi connectivity index (χ1) is 10.2. The summed E-state index contributed by atoms with van der Waals surface area (Å²) < 4.78 is 0. The third-order valence-electron chi connectivity index (χ3n) is 2.64. The average molecular weight is 285 g/mol. The molecule has 0 spiro atoms. The van der Waals surface area contributed by atoms with E-state index in [4.69, 9.17) is 0 Å². The molecule has 21 heavy (non-hydrogen) atoms. The molecule has 3 amide bonds. The largest absolute Gasteiger partial charge is 0.355 e. The average Bonchev–Trinajstić information content (AvgIpc) is 2.53. The van der Waals surface area contributed by atoms with Gasteiger partial charge >= 0.3 is 6.03 Å². The molecule has 2 aromatic rings. The molecule has 7 nitrogen and oxygen atoms in total. The fourth-order valence-corrected chi connectivity index (χ4v) is 1.64. The monoisotopic (exact) mass is 285 g/mol. The van der Waals surface area contributed by atoms with Crippen LogP contribution in [0.2, 0.25) is 0 Å². The van der Waals surface area contributed by atoms with Crippen LogP contribution in [0.3, 0.4) is 0 Å². The maximum atomic E-state index is 11.8. The van der Waals surface area contributed by atoms with E-state index in [9.17, 15) is 9.59 Å². The quantitative estimate of drug-likeness (QED) is 0.785. The molecule has 0 unspecified atom stereocenters. The van der Waals surface area contributed by atoms with Crippen molar-refractivity contribution in [1.29, 1.82) is 0 Å². The Kier molecular flexibility index (Phi) is 4.81. The number of benzene rings is 1. The molecule has 0 fully saturated rings. The summed E-state index contributed by atoms with van der Waals surface area (Å²) in [5.41, 5.74) is 1.00. The molecule has 1 heterocycles. The molecule has 0 aliphatic carbocycles. The van der Waals surface area contributed by atoms with Gasteiger partial charge in [-0.2, -0.15) is 0 Å². The lowest BCUT2D eigenvalue weighted by Gasteiger charge is -2.08. The van der Waals surface area contributed by atoms with Crippen molar-refractivity contribution in [1.82, 2.24) is 20.6 Å². The van der Waals surface area contributed by atoms with Crippen LogP contribution in [0.5, 0.6) is 0 Å². The first kappa shape index (κ1) is 14.4. The van der Waals surface area contributed by atoms with Crippen LogP contribution in [0, 0.1) is 0 Å². The standard InChI is InChI=1S/C14H15N5O2/c1-15-13(20)10-4-2-5-11(8-10)19-14(21)18-9-12-16-6-3-7-17-12/h2-8H,9H2,1H3,(H,15,20)(H2,18,19,21). The van der Waals surface area contributed by atoms with Crippen LogP contribution in [0.15, 0.2) is 42.7 Å². The highest BCUT2D eigenvalue weighted by Gasteiger charge is 2.06. The molecule has 1 aromatic heterocycles. The van der Waals surface area contributed by atoms with Gasteiger partial charge in [-0.15, -0.1) is 0 Å². The highest BCUT2D eigenvalue weighted by atomic mass is 16.2. The van der Waals surface area contributed by atoms with E-state index >= 15 is 0 Å². The highest BCUT2D eigenvalue weighted by Crippen LogP contribution is 2.10. The van der Waals surface area contributed by atoms with Gasteiger partial charge in [0.2, 0.25) is 0 Å². The predicted molar refractivity (Wildman–Crippen MR) is 77.7 cm³/mol. The zero-order valence-electron chi connectivity index (χ0n) is 11.5. The molecule has 0 aliphatic heterocycles. The molecular weight excluding hydrogens is 270 g/mol. The SMILES string of the molecule is CNC(=O)c1cccc(NC(=O)NCc2ncccn2)c1. The molecule has 0 bridgehead atoms. The predicted octanol–water partition coefficient (Wildman–Crippen LogP) is 1.16. The Morgan fingerprint density at radius 2 is 1.90 bits per heavy atom. The van der Waals surface area contributed by atoms with E-state index in [2.05, 4.69) is 25.9 Å². The van der Waals surface area contributed by atoms with E-state index < -0.39 is 6.03 Å². The van der Waals surface area contributed by atoms with Crippen LogP contribution in [0.25, 0.3) is 0 Å². The second kappa shape index (κ2) is 6.99. The minimum Gasteiger partial charge on any atom is -0.355 e. The zero-order chi connectivity index (χ0) is 15.1. The van der Waals surface area contributed by atoms with E-state index in [1.807, 2.05) is 0 Å². The maximum Gasteiger partial charge on any atom is 0.319 e. The maximum absolute atomic E-state index is 11.8. The van der Waals surface area contributed by atoms with E-state index in [0.717, 1.165) is 0 Å². The van der Waals surface area contributed by atoms with Gasteiger partial charge in [-0.05, 0) is 24.3 Å². The molecule has 0 saturated heterocycles. The fourth-order valence-electron chi connectivity index (χ4n) is 1.64. The lowest BCUT2D eigenvalue weighted by molar-refractivity contribution is 0.0963. The number of carbonyl (C=O) groups excluding carboxylic acids is 2. The zero-order valence-corrected chi connectivity index (χ0v) is 11.5. The molecule has 0 aliphatic rings. The summed E-state index contributed by atoms with van der Waals surface area (Å²) in [7, 11) is 1.55. The minimum atomic E-state index is -0.392. The lowest BCUT2D eigenvalue weighted by Crippen LogP contribution is -2.29. The number of nitrogens with zero attached hydrogens (tertiary/aromatic N) is 2. The number of urea groups is 1. The summed E-state index contributed by atoms with van der Waals surface area (Å²) >= 11 is 0. The summed E-state index contributed by atoms with van der Waals surface area (Å²) in [6, 6.07) is 7.97. The Hall–Kier alpha value is -2.96. The third kappa shape index (κ3) is 4.27. The van der Waals surface area contributed by atoms with Crippen LogP contribution in [-0.2, 0) is 6.54 Å². The Balaban J connectivity index is 1.92. The van der Waals surface area contributed by atoms with Crippen molar-refractivity contribution in [3.05, 3.63) is 54.1 Å². The topological polar surface area (TPSA) is 96.0 Å². The molecule has 108 valence electrons. The lowest BCUT2D eigenvalue weighted by atomic mass is 10.2. The van der Waals surface area contributed by atoms with Gasteiger partial charge in [-0.1, -0.05) is 6.07 Å². The summed E-state index contributed by atoms with van der Waals surface area (Å²) in [6.07, 6.45) is 3.21. The number of rotatable bonds is 4. The highest BCUT2D eigenvalue weighted by molar-refractivity contribution is 5.96. The van der Waals surface area contributed by atoms with Crippen LogP contribution in [0.1, 0.15) is 16.2 Å². The van der Waals surface area contributed by atoms with Gasteiger partial charge in [-0.25, -0.2) is 14.8 Å². The molecule has 1 aromatic carbocycles. The normalized spacial score (nSPS) is 9.76. The summed E-state index contributed by atoms with van der Waals surface area (Å²) in [5, 5.41) is 7.81. The van der Waals surface area contributed by atoms with Crippen LogP contribution >= 0.6 is 0 Å². The summed E-state index contributed by atoms with van der Waals surface area (Å²) in [5.74, 6) is 0.309. The van der Waals surface area contributed by atoms with Crippen LogP contribution < -0.4 is 16.0 Å². The summed E-state index contributed by atoms with van der Waals surface area (Å²) in [4.78, 5) is 31.3. The second-order valence-electron chi connectivity index (χ2n) is 4.13. The Morgan fingerprint density at radius 3 is 2.62 bits per heavy atom. The molecule has 0 radical (unpaired) electrons. The molecule has 7 heteroatoms. The van der Waals surface area contributed by atoms with E-state index in [-0.39, 0.29) is 12.5 Å². The van der Waals surface area contributed by atoms with Gasteiger partial charge in [0.1, 0.15) is 5.82 Å². The Labute approximate surface area is 121 Å². The Bertz CT molecular complexity index is 630. The van der Waals surface area contributed by atoms with Gasteiger partial charge in [0.25, 0.3) is 5.91 Å². The van der Waals surface area contributed by atoms with Crippen LogP contribution in [-0.4, -0.2) is 29.0 Å². The van der Waals surface area contributed by atoms with Crippen molar-refractivity contribution in [3.8, 4) is 0 Å². The molecule has 0 saturated carbocycles. The number of aromatic nitrogens is 2. The number of amides is 3. The van der Waals surface area contributed by atoms with E-state index in [0.29, 0.717) is 17.1 Å². The molecule has 2 rings (SSSR count). The van der Waals surface area contributed by atoms with Gasteiger partial charge < -0.3 is 16.0 Å². The molecule has 3 N–H and O–H groups in total. The first-order valence-corrected chi connectivity index (χ1v) is 6.32. The smallest absolute Gasteiger partial charge is 0.319 e. The van der Waals surface area contributed by atoms with E-state index in [1.165, 1.54) is 0 Å². The Morgan fingerprint density at radius 1 is 1.14 bits per heavy atom. The van der Waals surface area contributed by atoms with Crippen molar-refractivity contribution in [2.45, 2.75) is 6.54 Å². The number of anilines is 1. The van der Waals surface area contributed by atoms with Crippen molar-refractivity contribution in [2.24, 2.45) is 0 Å². The number of nitrogens with one attached hydrogen (secondary N) is 3. The molecule has 0 atom stereocenters. The number of carbonyl (C=O) groups is 2. The minimum absolute atomic E-state index is 0.211. The summed E-state index contributed by atoms with van der Waals surface area (Å²) in [6.45, 7) is 0.224. The van der Waals surface area contributed by atoms with Crippen molar-refractivity contribution in [3.63, 3.8) is 0 Å². The number of hydrogen-bond donors (Lipinski definition) is 3. The van der Waals surface area contributed by atoms with Gasteiger partial charge in [0, 0.05) is 30.7 Å². The third-order valence-corrected chi connectivity index (χ3v) is 2.64. The first-order valence-electron chi connectivity index (χ1n) is 6.32. The van der Waals surface area contributed by atoms with Crippen molar-refractivity contribution in [2.75, 3.05) is 12.4 Å². The second-order valence-corrected chi connectivity index (χ2v) is 4.13. The van der Waals surface area contributed by atoms with Gasteiger partial charge in [-0.3, -0.25) is 4.79 Å². The van der Waals surface area contributed by atoms with Crippen molar-refractivity contribution < 1.29 is 9.59 Å². The number of hydrogen-bond acceptors (Lipinski definition) is 4. The molecular formula is C14H15N5O2. The van der Waals surface area contributed by atoms with E-state index in [1.54, 1.807) is 49.8 Å².